The second-order valence-electron chi connectivity index (χ2n) is 3.40. The lowest BCUT2D eigenvalue weighted by Crippen LogP contribution is -2.09. The van der Waals surface area contributed by atoms with Crippen molar-refractivity contribution in [1.29, 1.82) is 0 Å². The van der Waals surface area contributed by atoms with Crippen LogP contribution < -0.4 is 16.0 Å². The number of nitrogens with one attached hydrogen (secondary N) is 1. The van der Waals surface area contributed by atoms with Gasteiger partial charge in [0.15, 0.2) is 5.82 Å². The van der Waals surface area contributed by atoms with Crippen molar-refractivity contribution in [3.05, 3.63) is 45.8 Å². The molecule has 0 aliphatic heterocycles. The topological polar surface area (TPSA) is 73.1 Å². The smallest absolute Gasteiger partial charge is 0.158 e. The first-order chi connectivity index (χ1) is 8.69. The maximum absolute atomic E-state index is 5.84. The third-order valence-electron chi connectivity index (χ3n) is 2.12. The van der Waals surface area contributed by atoms with E-state index in [0.29, 0.717) is 28.9 Å². The zero-order chi connectivity index (χ0) is 13.0. The minimum Gasteiger partial charge on any atom is -0.486 e. The van der Waals surface area contributed by atoms with Crippen molar-refractivity contribution in [3.63, 3.8) is 0 Å². The van der Waals surface area contributed by atoms with Gasteiger partial charge in [-0.05, 0) is 34.1 Å². The van der Waals surface area contributed by atoms with Crippen molar-refractivity contribution < 1.29 is 4.74 Å². The van der Waals surface area contributed by atoms with Crippen LogP contribution in [0.5, 0.6) is 5.75 Å². The van der Waals surface area contributed by atoms with E-state index in [4.69, 9.17) is 22.2 Å². The third kappa shape index (κ3) is 3.32. The molecule has 1 heterocycles. The maximum atomic E-state index is 5.84. The van der Waals surface area contributed by atoms with Crippen molar-refractivity contribution in [2.24, 2.45) is 5.84 Å². The van der Waals surface area contributed by atoms with Crippen molar-refractivity contribution in [2.75, 3.05) is 5.43 Å². The van der Waals surface area contributed by atoms with Crippen LogP contribution in [0.15, 0.2) is 35.1 Å². The Hall–Kier alpha value is -1.37. The molecule has 0 atom stereocenters. The van der Waals surface area contributed by atoms with E-state index in [9.17, 15) is 0 Å². The van der Waals surface area contributed by atoms with Gasteiger partial charge in [-0.25, -0.2) is 10.8 Å². The summed E-state index contributed by atoms with van der Waals surface area (Å²) in [5.74, 6) is 6.40. The van der Waals surface area contributed by atoms with E-state index in [1.54, 1.807) is 24.4 Å². The van der Waals surface area contributed by atoms with Gasteiger partial charge in [0, 0.05) is 5.02 Å². The summed E-state index contributed by atoms with van der Waals surface area (Å²) in [6, 6.07) is 5.31. The van der Waals surface area contributed by atoms with Crippen molar-refractivity contribution in [1.82, 2.24) is 9.97 Å². The van der Waals surface area contributed by atoms with Gasteiger partial charge in [0.1, 0.15) is 12.4 Å². The molecule has 0 aliphatic rings. The molecule has 1 aromatic carbocycles. The second-order valence-corrected chi connectivity index (χ2v) is 4.69. The van der Waals surface area contributed by atoms with Gasteiger partial charge in [-0.3, -0.25) is 4.98 Å². The van der Waals surface area contributed by atoms with Crippen LogP contribution in [0.4, 0.5) is 5.82 Å². The molecule has 0 aliphatic carbocycles. The summed E-state index contributed by atoms with van der Waals surface area (Å²) < 4.78 is 6.39. The maximum Gasteiger partial charge on any atom is 0.158 e. The molecule has 94 valence electrons. The summed E-state index contributed by atoms with van der Waals surface area (Å²) in [6.07, 6.45) is 3.13. The highest BCUT2D eigenvalue weighted by Gasteiger charge is 2.03. The molecule has 5 nitrogen and oxygen atoms in total. The molecule has 2 aromatic rings. The number of nitrogen functional groups attached to an aromatic ring is 1. The van der Waals surface area contributed by atoms with E-state index in [2.05, 4.69) is 31.3 Å². The quantitative estimate of drug-likeness (QED) is 0.666. The number of halogens is 2. The third-order valence-corrected chi connectivity index (χ3v) is 2.98. The minimum atomic E-state index is 0.318. The first-order valence-corrected chi connectivity index (χ1v) is 6.21. The van der Waals surface area contributed by atoms with Gasteiger partial charge in [-0.15, -0.1) is 0 Å². The molecule has 18 heavy (non-hydrogen) atoms. The van der Waals surface area contributed by atoms with Crippen molar-refractivity contribution in [2.45, 2.75) is 6.61 Å². The fraction of sp³-hybridized carbons (Fsp3) is 0.0909. The first-order valence-electron chi connectivity index (χ1n) is 5.04. The molecule has 0 bridgehead atoms. The number of hydrogen-bond acceptors (Lipinski definition) is 5. The zero-order valence-electron chi connectivity index (χ0n) is 9.23. The number of aromatic nitrogens is 2. The Bertz CT molecular complexity index is 535. The number of nitrogens with zero attached hydrogens (tertiary/aromatic N) is 2. The Morgan fingerprint density at radius 1 is 1.33 bits per heavy atom. The molecule has 0 radical (unpaired) electrons. The van der Waals surface area contributed by atoms with E-state index in [1.165, 1.54) is 6.20 Å². The van der Waals surface area contributed by atoms with Crippen LogP contribution in [0.3, 0.4) is 0 Å². The molecule has 0 spiro atoms. The Morgan fingerprint density at radius 2 is 2.17 bits per heavy atom. The van der Waals surface area contributed by atoms with E-state index in [-0.39, 0.29) is 0 Å². The minimum absolute atomic E-state index is 0.318. The SMILES string of the molecule is NNc1cnc(COc2ccc(Cl)cc2Br)cn1. The summed E-state index contributed by atoms with van der Waals surface area (Å²) in [5.41, 5.74) is 3.11. The monoisotopic (exact) mass is 328 g/mol. The summed E-state index contributed by atoms with van der Waals surface area (Å²) in [7, 11) is 0. The average molecular weight is 330 g/mol. The Kier molecular flexibility index (Phi) is 4.35. The molecular formula is C11H10BrClN4O. The normalized spacial score (nSPS) is 10.2. The van der Waals surface area contributed by atoms with Gasteiger partial charge in [-0.1, -0.05) is 11.6 Å². The fourth-order valence-electron chi connectivity index (χ4n) is 1.25. The molecule has 0 amide bonds. The molecule has 1 aromatic heterocycles. The molecular weight excluding hydrogens is 320 g/mol. The van der Waals surface area contributed by atoms with E-state index >= 15 is 0 Å². The summed E-state index contributed by atoms with van der Waals surface area (Å²) in [4.78, 5) is 8.18. The number of nitrogens with two attached hydrogens (primary N) is 1. The van der Waals surface area contributed by atoms with Crippen LogP contribution in [-0.4, -0.2) is 9.97 Å². The lowest BCUT2D eigenvalue weighted by molar-refractivity contribution is 0.299. The lowest BCUT2D eigenvalue weighted by Gasteiger charge is -2.08. The second kappa shape index (κ2) is 5.99. The highest BCUT2D eigenvalue weighted by molar-refractivity contribution is 9.10. The molecule has 0 saturated heterocycles. The summed E-state index contributed by atoms with van der Waals surface area (Å²) in [6.45, 7) is 0.318. The van der Waals surface area contributed by atoms with Crippen LogP contribution in [0.25, 0.3) is 0 Å². The van der Waals surface area contributed by atoms with Crippen LogP contribution >= 0.6 is 27.5 Å². The highest BCUT2D eigenvalue weighted by Crippen LogP contribution is 2.28. The van der Waals surface area contributed by atoms with Gasteiger partial charge in [0.2, 0.25) is 0 Å². The Labute approximate surface area is 117 Å². The number of ether oxygens (including phenoxy) is 1. The molecule has 0 saturated carbocycles. The van der Waals surface area contributed by atoms with Crippen LogP contribution in [0.1, 0.15) is 5.69 Å². The van der Waals surface area contributed by atoms with Gasteiger partial charge in [0.05, 0.1) is 22.6 Å². The van der Waals surface area contributed by atoms with E-state index in [0.717, 1.165) is 4.47 Å². The summed E-state index contributed by atoms with van der Waals surface area (Å²) in [5, 5.41) is 0.646. The van der Waals surface area contributed by atoms with Crippen LogP contribution in [0, 0.1) is 0 Å². The molecule has 0 fully saturated rings. The predicted molar refractivity (Wildman–Crippen MR) is 73.3 cm³/mol. The van der Waals surface area contributed by atoms with Gasteiger partial charge >= 0.3 is 0 Å². The number of hydrazine groups is 1. The lowest BCUT2D eigenvalue weighted by atomic mass is 10.3. The van der Waals surface area contributed by atoms with Gasteiger partial charge < -0.3 is 10.2 Å². The summed E-state index contributed by atoms with van der Waals surface area (Å²) >= 11 is 9.21. The van der Waals surface area contributed by atoms with Gasteiger partial charge in [0.25, 0.3) is 0 Å². The molecule has 7 heteroatoms. The number of benzene rings is 1. The van der Waals surface area contributed by atoms with Crippen LogP contribution in [0.2, 0.25) is 5.02 Å². The highest BCUT2D eigenvalue weighted by atomic mass is 79.9. The molecule has 2 rings (SSSR count). The average Bonchev–Trinajstić information content (AvgIpc) is 2.38. The Morgan fingerprint density at radius 3 is 2.78 bits per heavy atom. The first kappa shape index (κ1) is 13.1. The zero-order valence-corrected chi connectivity index (χ0v) is 11.6. The Balaban J connectivity index is 2.02. The van der Waals surface area contributed by atoms with Crippen molar-refractivity contribution in [3.8, 4) is 5.75 Å². The van der Waals surface area contributed by atoms with Crippen LogP contribution in [-0.2, 0) is 6.61 Å². The number of anilines is 1. The standard InChI is InChI=1S/C11H10BrClN4O/c12-9-3-7(13)1-2-10(9)18-6-8-4-16-11(17-14)5-15-8/h1-5H,6,14H2,(H,16,17). The van der Waals surface area contributed by atoms with E-state index in [1.807, 2.05) is 0 Å². The number of hydrogen-bond donors (Lipinski definition) is 2. The largest absolute Gasteiger partial charge is 0.486 e. The molecule has 0 unspecified atom stereocenters. The predicted octanol–water partition coefficient (Wildman–Crippen LogP) is 2.76. The molecule has 3 N–H and O–H groups in total. The van der Waals surface area contributed by atoms with Crippen molar-refractivity contribution >= 4 is 33.3 Å². The van der Waals surface area contributed by atoms with Gasteiger partial charge in [-0.2, -0.15) is 0 Å². The fourth-order valence-corrected chi connectivity index (χ4v) is 2.04. The number of rotatable bonds is 4. The van der Waals surface area contributed by atoms with E-state index < -0.39 is 0 Å².